The van der Waals surface area contributed by atoms with E-state index < -0.39 is 0 Å². The Morgan fingerprint density at radius 3 is 1.53 bits per heavy atom. The smallest absolute Gasteiger partial charge is 0.317 e. The van der Waals surface area contributed by atoms with Gasteiger partial charge in [0.05, 0.1) is 0 Å². The van der Waals surface area contributed by atoms with Crippen molar-refractivity contribution in [3.63, 3.8) is 0 Å². The number of piperidine rings is 2. The van der Waals surface area contributed by atoms with Crippen LogP contribution >= 0.6 is 0 Å². The number of nitrogens with one attached hydrogen (secondary N) is 3. The van der Waals surface area contributed by atoms with Crippen molar-refractivity contribution in [3.05, 3.63) is 0 Å². The average Bonchev–Trinajstić information content (AvgIpc) is 3.24. The van der Waals surface area contributed by atoms with Gasteiger partial charge in [-0.2, -0.15) is 0 Å². The van der Waals surface area contributed by atoms with Crippen LogP contribution in [0.1, 0.15) is 142 Å². The van der Waals surface area contributed by atoms with Crippen molar-refractivity contribution in [1.82, 2.24) is 30.7 Å². The minimum absolute atomic E-state index is 0.194. The van der Waals surface area contributed by atoms with Crippen molar-refractivity contribution >= 4 is 17.8 Å². The zero-order valence-electron chi connectivity index (χ0n) is 34.8. The molecule has 0 radical (unpaired) electrons. The summed E-state index contributed by atoms with van der Waals surface area (Å²) in [5, 5.41) is 9.66. The molecule has 0 unspecified atom stereocenters. The Kier molecular flexibility index (Phi) is 17.3. The molecule has 8 fully saturated rings. The Bertz CT molecular complexity index is 1160. The summed E-state index contributed by atoms with van der Waals surface area (Å²) < 4.78 is 10.9. The number of likely N-dealkylation sites (tertiary alicyclic amines) is 1. The molecule has 4 saturated heterocycles. The number of urea groups is 2. The maximum Gasteiger partial charge on any atom is 0.317 e. The molecule has 11 nitrogen and oxygen atoms in total. The summed E-state index contributed by atoms with van der Waals surface area (Å²) in [5.74, 6) is 3.25. The third-order valence-electron chi connectivity index (χ3n) is 14.7. The van der Waals surface area contributed by atoms with Gasteiger partial charge in [0, 0.05) is 95.7 Å². The van der Waals surface area contributed by atoms with Crippen LogP contribution in [-0.2, 0) is 14.3 Å². The maximum absolute atomic E-state index is 12.6. The van der Waals surface area contributed by atoms with Crippen molar-refractivity contribution in [1.29, 1.82) is 0 Å². The van der Waals surface area contributed by atoms with Crippen LogP contribution in [0.5, 0.6) is 0 Å². The van der Waals surface area contributed by atoms with Crippen molar-refractivity contribution in [2.75, 3.05) is 65.7 Å². The second kappa shape index (κ2) is 22.3. The van der Waals surface area contributed by atoms with E-state index in [-0.39, 0.29) is 12.1 Å². The number of amides is 4. The number of ketones is 1. The van der Waals surface area contributed by atoms with Crippen molar-refractivity contribution in [3.8, 4) is 0 Å². The van der Waals surface area contributed by atoms with Gasteiger partial charge in [-0.3, -0.25) is 4.79 Å². The monoisotopic (exact) mass is 771 g/mol. The number of carbonyl (C=O) groups excluding carboxylic acids is 3. The molecular weight excluding hydrogens is 693 g/mol. The summed E-state index contributed by atoms with van der Waals surface area (Å²) in [6.07, 6.45) is 23.8. The van der Waals surface area contributed by atoms with E-state index in [9.17, 15) is 14.4 Å². The molecule has 8 aliphatic rings. The molecule has 4 saturated carbocycles. The third kappa shape index (κ3) is 12.0. The first-order valence-corrected chi connectivity index (χ1v) is 23.2. The first-order valence-electron chi connectivity index (χ1n) is 23.2. The molecule has 4 atom stereocenters. The molecule has 4 aliphatic carbocycles. The number of hydrogen-bond donors (Lipinski definition) is 3. The lowest BCUT2D eigenvalue weighted by molar-refractivity contribution is -0.121. The number of carbonyl (C=O) groups is 3. The van der Waals surface area contributed by atoms with Gasteiger partial charge in [0.1, 0.15) is 5.78 Å². The van der Waals surface area contributed by atoms with Crippen LogP contribution in [-0.4, -0.2) is 128 Å². The van der Waals surface area contributed by atoms with Gasteiger partial charge in [-0.05, 0) is 141 Å². The Hall–Kier alpha value is -1.95. The van der Waals surface area contributed by atoms with Crippen LogP contribution in [0.4, 0.5) is 9.59 Å². The Morgan fingerprint density at radius 2 is 1.02 bits per heavy atom. The fourth-order valence-corrected chi connectivity index (χ4v) is 11.4. The number of Topliss-reactive ketones (excluding diaryl/α,β-unsaturated/α-hetero) is 1. The minimum Gasteiger partial charge on any atom is -0.381 e. The molecule has 11 heteroatoms. The van der Waals surface area contributed by atoms with Gasteiger partial charge in [0.15, 0.2) is 0 Å². The largest absolute Gasteiger partial charge is 0.381 e. The number of hydrogen-bond acceptors (Lipinski definition) is 7. The second-order valence-electron chi connectivity index (χ2n) is 18.1. The standard InChI is InChI=1S/C22H39N3O2.C13H23N3O.C9H16O2/c1-2-27-16-17-7-9-19(10-8-17)24-13-11-20(12-14-24)25-21-6-4-3-5-18(21)15-23-22(25)26;17-13-15-9-10-3-1-2-4-12(10)16(13)11-5-7-14-8-6-11;1-2-11-7-8-3-5-9(10)6-4-8/h17-21H,2-16H2,1H3,(H,23,26);10-12,14H,1-9H2,(H,15,17);8H,2-7H2,1H3/t17?,18-,19?,21+;10-,12+;/m11./s1. The summed E-state index contributed by atoms with van der Waals surface area (Å²) in [7, 11) is 0. The normalized spacial score (nSPS) is 32.9. The van der Waals surface area contributed by atoms with E-state index in [0.717, 1.165) is 116 Å². The lowest BCUT2D eigenvalue weighted by Gasteiger charge is -2.50. The Morgan fingerprint density at radius 1 is 0.545 bits per heavy atom. The number of fused-ring (bicyclic) bond motifs is 2. The third-order valence-corrected chi connectivity index (χ3v) is 14.7. The molecule has 4 amide bonds. The van der Waals surface area contributed by atoms with Crippen LogP contribution in [0.2, 0.25) is 0 Å². The lowest BCUT2D eigenvalue weighted by Crippen LogP contribution is -2.63. The fourth-order valence-electron chi connectivity index (χ4n) is 11.4. The molecular formula is C44H78N6O5. The summed E-state index contributed by atoms with van der Waals surface area (Å²) in [6, 6.07) is 3.15. The fraction of sp³-hybridized carbons (Fsp3) is 0.932. The van der Waals surface area contributed by atoms with Crippen molar-refractivity contribution in [2.24, 2.45) is 23.7 Å². The minimum atomic E-state index is 0.194. The van der Waals surface area contributed by atoms with E-state index in [1.807, 2.05) is 6.92 Å². The number of nitrogens with zero attached hydrogens (tertiary/aromatic N) is 3. The molecule has 0 aromatic heterocycles. The SMILES string of the molecule is CCOCC1CCC(=O)CC1.CCOCC1CCC(N2CCC(N3C(=O)NC[C@H]4CCCC[C@@H]43)CC2)CC1.O=C1NC[C@H]2CCCC[C@@H]2N1C1CCNCC1. The maximum atomic E-state index is 12.6. The topological polar surface area (TPSA) is 115 Å². The van der Waals surface area contributed by atoms with Crippen molar-refractivity contribution < 1.29 is 23.9 Å². The molecule has 3 N–H and O–H groups in total. The van der Waals surface area contributed by atoms with Crippen LogP contribution < -0.4 is 16.0 Å². The highest BCUT2D eigenvalue weighted by Crippen LogP contribution is 2.36. The quantitative estimate of drug-likeness (QED) is 0.238. The first kappa shape index (κ1) is 42.7. The van der Waals surface area contributed by atoms with E-state index in [1.165, 1.54) is 90.1 Å². The second-order valence-corrected chi connectivity index (χ2v) is 18.1. The summed E-state index contributed by atoms with van der Waals surface area (Å²) >= 11 is 0. The number of rotatable bonds is 9. The van der Waals surface area contributed by atoms with Gasteiger partial charge >= 0.3 is 12.1 Å². The zero-order valence-corrected chi connectivity index (χ0v) is 34.8. The Balaban J connectivity index is 0.000000156. The molecule has 55 heavy (non-hydrogen) atoms. The van der Waals surface area contributed by atoms with Crippen LogP contribution in [0.25, 0.3) is 0 Å². The highest BCUT2D eigenvalue weighted by Gasteiger charge is 2.43. The predicted molar refractivity (Wildman–Crippen MR) is 218 cm³/mol. The molecule has 4 aliphatic heterocycles. The van der Waals surface area contributed by atoms with Gasteiger partial charge in [0.25, 0.3) is 0 Å². The predicted octanol–water partition coefficient (Wildman–Crippen LogP) is 6.73. The molecule has 0 spiro atoms. The highest BCUT2D eigenvalue weighted by atomic mass is 16.5. The molecule has 314 valence electrons. The van der Waals surface area contributed by atoms with E-state index in [2.05, 4.69) is 37.6 Å². The van der Waals surface area contributed by atoms with Gasteiger partial charge in [-0.15, -0.1) is 0 Å². The van der Waals surface area contributed by atoms with E-state index >= 15 is 0 Å². The van der Waals surface area contributed by atoms with Crippen LogP contribution in [0, 0.1) is 23.7 Å². The lowest BCUT2D eigenvalue weighted by atomic mass is 9.80. The molecule has 0 aromatic rings. The molecule has 4 heterocycles. The van der Waals surface area contributed by atoms with Gasteiger partial charge < -0.3 is 40.1 Å². The molecule has 8 rings (SSSR count). The summed E-state index contributed by atoms with van der Waals surface area (Å²) in [4.78, 5) is 42.8. The average molecular weight is 771 g/mol. The van der Waals surface area contributed by atoms with Gasteiger partial charge in [0.2, 0.25) is 0 Å². The van der Waals surface area contributed by atoms with Gasteiger partial charge in [-0.1, -0.05) is 25.7 Å². The highest BCUT2D eigenvalue weighted by molar-refractivity contribution is 5.79. The Labute approximate surface area is 333 Å². The van der Waals surface area contributed by atoms with Gasteiger partial charge in [-0.25, -0.2) is 9.59 Å². The first-order chi connectivity index (χ1) is 26.9. The summed E-state index contributed by atoms with van der Waals surface area (Å²) in [6.45, 7) is 13.8. The van der Waals surface area contributed by atoms with E-state index in [4.69, 9.17) is 9.47 Å². The molecule has 0 aromatic carbocycles. The number of ether oxygens (including phenoxy) is 2. The summed E-state index contributed by atoms with van der Waals surface area (Å²) in [5.41, 5.74) is 0. The zero-order chi connectivity index (χ0) is 38.4. The van der Waals surface area contributed by atoms with Crippen LogP contribution in [0.3, 0.4) is 0 Å². The van der Waals surface area contributed by atoms with Crippen LogP contribution in [0.15, 0.2) is 0 Å². The van der Waals surface area contributed by atoms with E-state index in [0.29, 0.717) is 47.7 Å². The van der Waals surface area contributed by atoms with Crippen molar-refractivity contribution in [2.45, 2.75) is 172 Å². The molecule has 0 bridgehead atoms. The van der Waals surface area contributed by atoms with E-state index in [1.54, 1.807) is 0 Å².